The van der Waals surface area contributed by atoms with E-state index in [1.807, 2.05) is 0 Å². The van der Waals surface area contributed by atoms with Crippen LogP contribution in [-0.4, -0.2) is 90.7 Å². The topological polar surface area (TPSA) is 129 Å². The molecule has 0 bridgehead atoms. The molecule has 0 saturated carbocycles. The van der Waals surface area contributed by atoms with Crippen LogP contribution in [0.1, 0.15) is 80.1 Å². The predicted octanol–water partition coefficient (Wildman–Crippen LogP) is 3.02. The van der Waals surface area contributed by atoms with E-state index >= 15 is 0 Å². The number of carbonyl (C=O) groups is 4. The monoisotopic (exact) mass is 497 g/mol. The van der Waals surface area contributed by atoms with E-state index in [1.165, 1.54) is 0 Å². The van der Waals surface area contributed by atoms with E-state index in [2.05, 4.69) is 17.6 Å². The van der Waals surface area contributed by atoms with Crippen LogP contribution in [0.5, 0.6) is 0 Å². The van der Waals surface area contributed by atoms with Crippen molar-refractivity contribution in [2.24, 2.45) is 0 Å². The first-order valence-corrected chi connectivity index (χ1v) is 11.3. The van der Waals surface area contributed by atoms with Crippen molar-refractivity contribution in [3.8, 4) is 0 Å². The molecule has 0 aromatic carbocycles. The average Bonchev–Trinajstić information content (AvgIpc) is 2.63. The minimum atomic E-state index is -0.796. The van der Waals surface area contributed by atoms with Gasteiger partial charge in [-0.25, -0.2) is 9.59 Å². The Bertz CT molecular complexity index is 629. The molecule has 0 heterocycles. The molecule has 0 saturated heterocycles. The maximum absolute atomic E-state index is 11.8. The summed E-state index contributed by atoms with van der Waals surface area (Å²) in [5, 5.41) is 5.23. The summed E-state index contributed by atoms with van der Waals surface area (Å²) in [4.78, 5) is 46.6. The van der Waals surface area contributed by atoms with Gasteiger partial charge in [-0.1, -0.05) is 0 Å². The number of carbonyl (C=O) groups excluding carboxylic acids is 4. The van der Waals surface area contributed by atoms with Crippen molar-refractivity contribution in [3.05, 3.63) is 6.92 Å². The molecule has 34 heavy (non-hydrogen) atoms. The fraction of sp³-hybridized carbons (Fsp3) is 0.783. The van der Waals surface area contributed by atoms with Crippen LogP contribution in [-0.2, 0) is 28.5 Å². The molecule has 0 aromatic rings. The Kier molecular flexibility index (Phi) is 18.2. The van der Waals surface area contributed by atoms with Gasteiger partial charge in [0.15, 0.2) is 0 Å². The van der Waals surface area contributed by atoms with Gasteiger partial charge in [0.2, 0.25) is 0 Å². The van der Waals surface area contributed by atoms with E-state index in [0.29, 0.717) is 38.8 Å². The third-order valence-corrected chi connectivity index (χ3v) is 3.68. The summed E-state index contributed by atoms with van der Waals surface area (Å²) in [6, 6.07) is 0. The SMILES string of the molecule is [CH2]C(COC(=O)CCCCNC(=O)OC(C)(C)C)OC(=O)CCCCNC(=O)OC(C)(C)C.[NaH]. The van der Waals surface area contributed by atoms with Crippen molar-refractivity contribution in [1.29, 1.82) is 0 Å². The van der Waals surface area contributed by atoms with Gasteiger partial charge in [-0.3, -0.25) is 9.59 Å². The second-order valence-electron chi connectivity index (χ2n) is 9.57. The molecule has 193 valence electrons. The van der Waals surface area contributed by atoms with Crippen LogP contribution in [0.25, 0.3) is 0 Å². The average molecular weight is 498 g/mol. The van der Waals surface area contributed by atoms with Gasteiger partial charge in [0.25, 0.3) is 0 Å². The zero-order valence-corrected chi connectivity index (χ0v) is 20.9. The van der Waals surface area contributed by atoms with Gasteiger partial charge in [0.05, 0.1) is 0 Å². The van der Waals surface area contributed by atoms with Gasteiger partial charge in [-0.2, -0.15) is 0 Å². The molecule has 0 fully saturated rings. The number of amides is 2. The second kappa shape index (κ2) is 17.8. The number of esters is 2. The molecule has 0 aliphatic carbocycles. The van der Waals surface area contributed by atoms with E-state index in [4.69, 9.17) is 18.9 Å². The number of alkyl carbamates (subject to hydrolysis) is 2. The van der Waals surface area contributed by atoms with Crippen LogP contribution < -0.4 is 10.6 Å². The van der Waals surface area contributed by atoms with Crippen LogP contribution in [0.4, 0.5) is 9.59 Å². The first kappa shape index (κ1) is 34.6. The van der Waals surface area contributed by atoms with Gasteiger partial charge < -0.3 is 29.6 Å². The van der Waals surface area contributed by atoms with E-state index in [-0.39, 0.29) is 49.0 Å². The number of unbranched alkanes of at least 4 members (excludes halogenated alkanes) is 2. The standard InChI is InChI=1S/C23H41N2O8.Na.H/c1-17(31-19(27)13-9-11-15-25-21(29)33-23(5,6)7)16-30-18(26)12-8-10-14-24-20(28)32-22(2,3)4;;/h17H,1,8-16H2,2-7H3,(H,24,28)(H,25,29);;. The fourth-order valence-corrected chi connectivity index (χ4v) is 2.33. The summed E-state index contributed by atoms with van der Waals surface area (Å²) in [6.45, 7) is 15.0. The van der Waals surface area contributed by atoms with Crippen molar-refractivity contribution in [3.63, 3.8) is 0 Å². The summed E-state index contributed by atoms with van der Waals surface area (Å²) in [6.07, 6.45) is 0.812. The Balaban J connectivity index is 0. The summed E-state index contributed by atoms with van der Waals surface area (Å²) < 4.78 is 20.4. The van der Waals surface area contributed by atoms with E-state index in [9.17, 15) is 19.2 Å². The predicted molar refractivity (Wildman–Crippen MR) is 130 cm³/mol. The molecule has 10 nitrogen and oxygen atoms in total. The number of hydrogen-bond acceptors (Lipinski definition) is 8. The molecular formula is C23H42N2NaO8. The molecule has 1 atom stereocenters. The molecule has 0 aromatic heterocycles. The van der Waals surface area contributed by atoms with Gasteiger partial charge >= 0.3 is 53.7 Å². The van der Waals surface area contributed by atoms with Crippen molar-refractivity contribution in [2.75, 3.05) is 19.7 Å². The first-order chi connectivity index (χ1) is 15.2. The Labute approximate surface area is 225 Å². The van der Waals surface area contributed by atoms with Gasteiger partial charge in [-0.05, 0) is 74.1 Å². The van der Waals surface area contributed by atoms with E-state index < -0.39 is 41.4 Å². The van der Waals surface area contributed by atoms with Crippen molar-refractivity contribution in [2.45, 2.75) is 97.4 Å². The zero-order chi connectivity index (χ0) is 25.5. The second-order valence-corrected chi connectivity index (χ2v) is 9.57. The molecule has 0 rings (SSSR count). The van der Waals surface area contributed by atoms with E-state index in [1.54, 1.807) is 41.5 Å². The Morgan fingerprint density at radius 3 is 1.56 bits per heavy atom. The first-order valence-electron chi connectivity index (χ1n) is 11.3. The molecule has 0 spiro atoms. The maximum atomic E-state index is 11.8. The quantitative estimate of drug-likeness (QED) is 0.172. The molecule has 0 aliphatic rings. The van der Waals surface area contributed by atoms with Gasteiger partial charge in [0, 0.05) is 25.9 Å². The van der Waals surface area contributed by atoms with Crippen molar-refractivity contribution < 1.29 is 38.1 Å². The third kappa shape index (κ3) is 23.6. The summed E-state index contributed by atoms with van der Waals surface area (Å²) in [5.74, 6) is -0.873. The molecule has 2 amide bonds. The molecule has 1 radical (unpaired) electrons. The number of nitrogens with one attached hydrogen (secondary N) is 2. The number of hydrogen-bond donors (Lipinski definition) is 2. The number of rotatable bonds is 13. The molecule has 2 N–H and O–H groups in total. The Morgan fingerprint density at radius 2 is 1.15 bits per heavy atom. The van der Waals surface area contributed by atoms with Crippen molar-refractivity contribution in [1.82, 2.24) is 10.6 Å². The minimum absolute atomic E-state index is 0. The summed E-state index contributed by atoms with van der Waals surface area (Å²) in [7, 11) is 0. The summed E-state index contributed by atoms with van der Waals surface area (Å²) >= 11 is 0. The number of ether oxygens (including phenoxy) is 4. The molecule has 11 heteroatoms. The molecule has 0 aliphatic heterocycles. The Hall–Kier alpha value is -1.52. The third-order valence-electron chi connectivity index (χ3n) is 3.68. The zero-order valence-electron chi connectivity index (χ0n) is 20.9. The van der Waals surface area contributed by atoms with Gasteiger partial charge in [0.1, 0.15) is 23.9 Å². The van der Waals surface area contributed by atoms with Crippen LogP contribution in [0.3, 0.4) is 0 Å². The fourth-order valence-electron chi connectivity index (χ4n) is 2.33. The normalized spacial score (nSPS) is 12.0. The van der Waals surface area contributed by atoms with Crippen molar-refractivity contribution >= 4 is 53.7 Å². The van der Waals surface area contributed by atoms with E-state index in [0.717, 1.165) is 0 Å². The molecular weight excluding hydrogens is 455 g/mol. The Morgan fingerprint density at radius 1 is 0.735 bits per heavy atom. The van der Waals surface area contributed by atoms with Crippen LogP contribution in [0, 0.1) is 6.92 Å². The van der Waals surface area contributed by atoms with Gasteiger partial charge in [-0.15, -0.1) is 0 Å². The van der Waals surface area contributed by atoms with Crippen LogP contribution in [0.15, 0.2) is 0 Å². The van der Waals surface area contributed by atoms with Crippen LogP contribution in [0.2, 0.25) is 0 Å². The van der Waals surface area contributed by atoms with Crippen LogP contribution >= 0.6 is 0 Å². The molecule has 1 unspecified atom stereocenters. The summed E-state index contributed by atoms with van der Waals surface area (Å²) in [5.41, 5.74) is -1.11.